The zero-order chi connectivity index (χ0) is 17.9. The Hall–Kier alpha value is -3.47. The predicted molar refractivity (Wildman–Crippen MR) is 103 cm³/mol. The van der Waals surface area contributed by atoms with Crippen LogP contribution in [0.25, 0.3) is 22.3 Å². The largest absolute Gasteiger partial charge is 0.507 e. The number of phenols is 1. The van der Waals surface area contributed by atoms with Gasteiger partial charge in [-0.25, -0.2) is 9.97 Å². The number of aromatic hydroxyl groups is 1. The van der Waals surface area contributed by atoms with Crippen LogP contribution in [-0.4, -0.2) is 20.1 Å². The Balaban J connectivity index is 1.79. The molecule has 0 fully saturated rings. The van der Waals surface area contributed by atoms with Gasteiger partial charge in [0.15, 0.2) is 5.82 Å². The van der Waals surface area contributed by atoms with Crippen LogP contribution in [0.5, 0.6) is 5.75 Å². The van der Waals surface area contributed by atoms with E-state index >= 15 is 0 Å². The Morgan fingerprint density at radius 2 is 1.85 bits per heavy atom. The standard InChI is InChI=1S/C21H18N4O/c1-14-6-4-9-17(19(14)26)21-24-18-10-3-2-8-16(18)20(25-21)23-13-15-7-5-11-22-12-15/h2-12,26H,13H2,1H3,(H,23,24,25). The van der Waals surface area contributed by atoms with Crippen molar-refractivity contribution in [3.8, 4) is 17.1 Å². The zero-order valence-corrected chi connectivity index (χ0v) is 14.3. The first-order valence-corrected chi connectivity index (χ1v) is 8.41. The number of nitrogens with zero attached hydrogens (tertiary/aromatic N) is 3. The van der Waals surface area contributed by atoms with Crippen LogP contribution >= 0.6 is 0 Å². The monoisotopic (exact) mass is 342 g/mol. The quantitative estimate of drug-likeness (QED) is 0.578. The van der Waals surface area contributed by atoms with E-state index in [9.17, 15) is 5.11 Å². The van der Waals surface area contributed by atoms with Crippen molar-refractivity contribution < 1.29 is 5.11 Å². The van der Waals surface area contributed by atoms with Gasteiger partial charge in [-0.3, -0.25) is 4.98 Å². The van der Waals surface area contributed by atoms with Crippen molar-refractivity contribution in [1.29, 1.82) is 0 Å². The van der Waals surface area contributed by atoms with Crippen LogP contribution in [0.15, 0.2) is 67.0 Å². The lowest BCUT2D eigenvalue weighted by atomic mass is 10.1. The summed E-state index contributed by atoms with van der Waals surface area (Å²) in [6.07, 6.45) is 3.58. The molecule has 0 spiro atoms. The van der Waals surface area contributed by atoms with Crippen LogP contribution < -0.4 is 5.32 Å². The molecule has 0 atom stereocenters. The molecule has 26 heavy (non-hydrogen) atoms. The van der Waals surface area contributed by atoms with Gasteiger partial charge in [-0.05, 0) is 42.3 Å². The molecular weight excluding hydrogens is 324 g/mol. The summed E-state index contributed by atoms with van der Waals surface area (Å²) in [6.45, 7) is 2.47. The van der Waals surface area contributed by atoms with Gasteiger partial charge in [0.1, 0.15) is 11.6 Å². The van der Waals surface area contributed by atoms with Crippen molar-refractivity contribution in [3.63, 3.8) is 0 Å². The topological polar surface area (TPSA) is 70.9 Å². The first kappa shape index (κ1) is 16.0. The molecule has 0 amide bonds. The number of anilines is 1. The second kappa shape index (κ2) is 6.80. The van der Waals surface area contributed by atoms with Gasteiger partial charge < -0.3 is 10.4 Å². The fourth-order valence-corrected chi connectivity index (χ4v) is 2.86. The third-order valence-corrected chi connectivity index (χ3v) is 4.26. The van der Waals surface area contributed by atoms with Crippen LogP contribution in [-0.2, 0) is 6.54 Å². The van der Waals surface area contributed by atoms with Crippen LogP contribution in [0.4, 0.5) is 5.82 Å². The molecule has 0 bridgehead atoms. The molecule has 0 saturated heterocycles. The number of benzene rings is 2. The number of hydrogen-bond donors (Lipinski definition) is 2. The summed E-state index contributed by atoms with van der Waals surface area (Å²) in [5.41, 5.74) is 3.31. The highest BCUT2D eigenvalue weighted by Crippen LogP contribution is 2.32. The van der Waals surface area contributed by atoms with E-state index in [0.29, 0.717) is 17.9 Å². The Kier molecular flexibility index (Phi) is 4.19. The Bertz CT molecular complexity index is 1060. The summed E-state index contributed by atoms with van der Waals surface area (Å²) in [5, 5.41) is 14.7. The van der Waals surface area contributed by atoms with Crippen molar-refractivity contribution in [2.75, 3.05) is 5.32 Å². The summed E-state index contributed by atoms with van der Waals surface area (Å²) >= 11 is 0. The van der Waals surface area contributed by atoms with E-state index in [2.05, 4.69) is 20.3 Å². The number of para-hydroxylation sites is 2. The number of aryl methyl sites for hydroxylation is 1. The molecule has 0 radical (unpaired) electrons. The smallest absolute Gasteiger partial charge is 0.165 e. The van der Waals surface area contributed by atoms with E-state index in [1.165, 1.54) is 0 Å². The fourth-order valence-electron chi connectivity index (χ4n) is 2.86. The number of fused-ring (bicyclic) bond motifs is 1. The lowest BCUT2D eigenvalue weighted by molar-refractivity contribution is 0.473. The fraction of sp³-hybridized carbons (Fsp3) is 0.0952. The first-order valence-electron chi connectivity index (χ1n) is 8.41. The van der Waals surface area contributed by atoms with E-state index in [4.69, 9.17) is 0 Å². The van der Waals surface area contributed by atoms with Crippen LogP contribution in [0.1, 0.15) is 11.1 Å². The van der Waals surface area contributed by atoms with Gasteiger partial charge in [0, 0.05) is 24.3 Å². The second-order valence-corrected chi connectivity index (χ2v) is 6.10. The molecule has 2 aromatic carbocycles. The number of hydrogen-bond acceptors (Lipinski definition) is 5. The van der Waals surface area contributed by atoms with Crippen molar-refractivity contribution >= 4 is 16.7 Å². The summed E-state index contributed by atoms with van der Waals surface area (Å²) in [6, 6.07) is 17.3. The molecule has 128 valence electrons. The number of pyridine rings is 1. The van der Waals surface area contributed by atoms with E-state index in [0.717, 1.165) is 27.8 Å². The third kappa shape index (κ3) is 3.07. The maximum Gasteiger partial charge on any atom is 0.165 e. The molecule has 4 rings (SSSR count). The highest BCUT2D eigenvalue weighted by atomic mass is 16.3. The highest BCUT2D eigenvalue weighted by Gasteiger charge is 2.13. The van der Waals surface area contributed by atoms with E-state index in [-0.39, 0.29) is 5.75 Å². The molecule has 0 aliphatic heterocycles. The number of nitrogens with one attached hydrogen (secondary N) is 1. The van der Waals surface area contributed by atoms with Crippen LogP contribution in [0.3, 0.4) is 0 Å². The summed E-state index contributed by atoms with van der Waals surface area (Å²) < 4.78 is 0. The molecule has 0 aliphatic carbocycles. The van der Waals surface area contributed by atoms with Gasteiger partial charge in [-0.1, -0.05) is 30.3 Å². The molecule has 0 unspecified atom stereocenters. The summed E-state index contributed by atoms with van der Waals surface area (Å²) in [7, 11) is 0. The molecular formula is C21H18N4O. The van der Waals surface area contributed by atoms with Gasteiger partial charge in [0.05, 0.1) is 11.1 Å². The first-order chi connectivity index (χ1) is 12.7. The van der Waals surface area contributed by atoms with Crippen LogP contribution in [0.2, 0.25) is 0 Å². The van der Waals surface area contributed by atoms with E-state index < -0.39 is 0 Å². The molecule has 0 saturated carbocycles. The number of rotatable bonds is 4. The average Bonchev–Trinajstić information content (AvgIpc) is 2.69. The van der Waals surface area contributed by atoms with Gasteiger partial charge in [-0.2, -0.15) is 0 Å². The van der Waals surface area contributed by atoms with E-state index in [1.807, 2.05) is 67.7 Å². The predicted octanol–water partition coefficient (Wildman–Crippen LogP) is 4.32. The number of phenolic OH excluding ortho intramolecular Hbond substituents is 1. The lowest BCUT2D eigenvalue weighted by Gasteiger charge is -2.12. The molecule has 2 aromatic heterocycles. The van der Waals surface area contributed by atoms with Gasteiger partial charge >= 0.3 is 0 Å². The highest BCUT2D eigenvalue weighted by molar-refractivity contribution is 5.91. The zero-order valence-electron chi connectivity index (χ0n) is 14.3. The molecule has 0 aliphatic rings. The lowest BCUT2D eigenvalue weighted by Crippen LogP contribution is -2.04. The van der Waals surface area contributed by atoms with Crippen molar-refractivity contribution in [3.05, 3.63) is 78.1 Å². The summed E-state index contributed by atoms with van der Waals surface area (Å²) in [5.74, 6) is 1.44. The minimum absolute atomic E-state index is 0.209. The Morgan fingerprint density at radius 1 is 0.962 bits per heavy atom. The van der Waals surface area contributed by atoms with E-state index in [1.54, 1.807) is 6.20 Å². The van der Waals surface area contributed by atoms with Crippen molar-refractivity contribution in [2.45, 2.75) is 13.5 Å². The minimum atomic E-state index is 0.209. The molecule has 4 aromatic rings. The van der Waals surface area contributed by atoms with Crippen molar-refractivity contribution in [2.24, 2.45) is 0 Å². The van der Waals surface area contributed by atoms with Gasteiger partial charge in [0.25, 0.3) is 0 Å². The Morgan fingerprint density at radius 3 is 2.69 bits per heavy atom. The maximum absolute atomic E-state index is 10.4. The van der Waals surface area contributed by atoms with Gasteiger partial charge in [0.2, 0.25) is 0 Å². The molecule has 2 N–H and O–H groups in total. The SMILES string of the molecule is Cc1cccc(-c2nc(NCc3cccnc3)c3ccccc3n2)c1O. The third-order valence-electron chi connectivity index (χ3n) is 4.26. The summed E-state index contributed by atoms with van der Waals surface area (Å²) in [4.78, 5) is 13.5. The molecule has 2 heterocycles. The minimum Gasteiger partial charge on any atom is -0.507 e. The number of aromatic nitrogens is 3. The molecule has 5 heteroatoms. The molecule has 5 nitrogen and oxygen atoms in total. The van der Waals surface area contributed by atoms with Crippen molar-refractivity contribution in [1.82, 2.24) is 15.0 Å². The van der Waals surface area contributed by atoms with Crippen LogP contribution in [0, 0.1) is 6.92 Å². The maximum atomic E-state index is 10.4. The Labute approximate surface area is 151 Å². The average molecular weight is 342 g/mol. The second-order valence-electron chi connectivity index (χ2n) is 6.10. The van der Waals surface area contributed by atoms with Gasteiger partial charge in [-0.15, -0.1) is 0 Å². The normalized spacial score (nSPS) is 10.8.